The second-order valence-electron chi connectivity index (χ2n) is 4.41. The van der Waals surface area contributed by atoms with Gasteiger partial charge in [0.25, 0.3) is 0 Å². The maximum atomic E-state index is 4.66. The normalized spacial score (nSPS) is 13.6. The van der Waals surface area contributed by atoms with E-state index < -0.39 is 0 Å². The molecular formula is C14H11N3S. The summed E-state index contributed by atoms with van der Waals surface area (Å²) in [5.74, 6) is 0. The predicted molar refractivity (Wildman–Crippen MR) is 75.0 cm³/mol. The molecule has 1 aliphatic heterocycles. The highest BCUT2D eigenvalue weighted by molar-refractivity contribution is 7.16. The van der Waals surface area contributed by atoms with Gasteiger partial charge in [-0.15, -0.1) is 11.3 Å². The Kier molecular flexibility index (Phi) is 2.11. The maximum Gasteiger partial charge on any atom is 0.141 e. The van der Waals surface area contributed by atoms with Crippen molar-refractivity contribution < 1.29 is 0 Å². The summed E-state index contributed by atoms with van der Waals surface area (Å²) in [6.07, 6.45) is 2.96. The van der Waals surface area contributed by atoms with Gasteiger partial charge in [0.2, 0.25) is 0 Å². The molecule has 88 valence electrons. The fourth-order valence-electron chi connectivity index (χ4n) is 2.36. The molecule has 0 saturated heterocycles. The van der Waals surface area contributed by atoms with Gasteiger partial charge >= 0.3 is 0 Å². The maximum absolute atomic E-state index is 4.66. The molecule has 1 N–H and O–H groups in total. The number of rotatable bonds is 1. The standard InChI is InChI=1S/C14H11N3S/c1-2-11-10(3-5-15-11)7-9(1)13-8-16-14-12(17-13)4-6-18-14/h1-2,4,6-8,15H,3,5H2. The summed E-state index contributed by atoms with van der Waals surface area (Å²) in [6, 6.07) is 8.49. The zero-order chi connectivity index (χ0) is 11.9. The number of hydrogen-bond donors (Lipinski definition) is 1. The summed E-state index contributed by atoms with van der Waals surface area (Å²) in [4.78, 5) is 10.1. The van der Waals surface area contributed by atoms with Gasteiger partial charge in [-0.25, -0.2) is 9.97 Å². The molecule has 0 saturated carbocycles. The van der Waals surface area contributed by atoms with Crippen molar-refractivity contribution in [3.63, 3.8) is 0 Å². The predicted octanol–water partition coefficient (Wildman–Crippen LogP) is 3.33. The topological polar surface area (TPSA) is 37.8 Å². The van der Waals surface area contributed by atoms with Gasteiger partial charge in [0.15, 0.2) is 0 Å². The third-order valence-electron chi connectivity index (χ3n) is 3.28. The van der Waals surface area contributed by atoms with Gasteiger partial charge in [0.05, 0.1) is 11.9 Å². The first-order chi connectivity index (χ1) is 8.90. The summed E-state index contributed by atoms with van der Waals surface area (Å²) < 4.78 is 0. The van der Waals surface area contributed by atoms with Crippen molar-refractivity contribution in [1.82, 2.24) is 9.97 Å². The molecule has 0 radical (unpaired) electrons. The zero-order valence-corrected chi connectivity index (χ0v) is 10.5. The molecule has 0 unspecified atom stereocenters. The first-order valence-corrected chi connectivity index (χ1v) is 6.85. The van der Waals surface area contributed by atoms with Crippen molar-refractivity contribution in [2.24, 2.45) is 0 Å². The Morgan fingerprint density at radius 3 is 3.22 bits per heavy atom. The first kappa shape index (κ1) is 10.0. The van der Waals surface area contributed by atoms with Crippen molar-refractivity contribution in [1.29, 1.82) is 0 Å². The molecule has 0 bridgehead atoms. The lowest BCUT2D eigenvalue weighted by Crippen LogP contribution is -1.90. The van der Waals surface area contributed by atoms with Gasteiger partial charge in [-0.3, -0.25) is 0 Å². The molecule has 0 amide bonds. The average molecular weight is 253 g/mol. The van der Waals surface area contributed by atoms with E-state index in [0.717, 1.165) is 34.6 Å². The van der Waals surface area contributed by atoms with Crippen LogP contribution in [0.25, 0.3) is 21.6 Å². The third-order valence-corrected chi connectivity index (χ3v) is 4.09. The lowest BCUT2D eigenvalue weighted by molar-refractivity contribution is 1.11. The fraction of sp³-hybridized carbons (Fsp3) is 0.143. The summed E-state index contributed by atoms with van der Waals surface area (Å²) >= 11 is 1.63. The van der Waals surface area contributed by atoms with E-state index in [9.17, 15) is 0 Å². The molecule has 1 aromatic carbocycles. The van der Waals surface area contributed by atoms with Gasteiger partial charge in [0.1, 0.15) is 10.3 Å². The number of thiophene rings is 1. The molecule has 3 heterocycles. The molecule has 2 aromatic heterocycles. The monoisotopic (exact) mass is 253 g/mol. The molecule has 18 heavy (non-hydrogen) atoms. The van der Waals surface area contributed by atoms with E-state index in [0.29, 0.717) is 0 Å². The number of nitrogens with zero attached hydrogens (tertiary/aromatic N) is 2. The minimum atomic E-state index is 0.954. The molecular weight excluding hydrogens is 242 g/mol. The van der Waals surface area contributed by atoms with E-state index in [1.165, 1.54) is 11.3 Å². The summed E-state index contributed by atoms with van der Waals surface area (Å²) in [7, 11) is 0. The molecule has 0 spiro atoms. The van der Waals surface area contributed by atoms with Crippen LogP contribution in [0.5, 0.6) is 0 Å². The minimum Gasteiger partial charge on any atom is -0.384 e. The molecule has 3 aromatic rings. The van der Waals surface area contributed by atoms with E-state index in [4.69, 9.17) is 0 Å². The van der Waals surface area contributed by atoms with Crippen LogP contribution >= 0.6 is 11.3 Å². The van der Waals surface area contributed by atoms with E-state index in [1.54, 1.807) is 11.3 Å². The van der Waals surface area contributed by atoms with E-state index >= 15 is 0 Å². The molecule has 0 fully saturated rings. The largest absolute Gasteiger partial charge is 0.384 e. The van der Waals surface area contributed by atoms with Crippen LogP contribution in [-0.2, 0) is 6.42 Å². The van der Waals surface area contributed by atoms with Crippen molar-refractivity contribution in [3.8, 4) is 11.3 Å². The molecule has 4 heteroatoms. The quantitative estimate of drug-likeness (QED) is 0.723. The number of anilines is 1. The van der Waals surface area contributed by atoms with Gasteiger partial charge < -0.3 is 5.32 Å². The molecule has 0 atom stereocenters. The van der Waals surface area contributed by atoms with Gasteiger partial charge in [-0.05, 0) is 35.6 Å². The highest BCUT2D eigenvalue weighted by Gasteiger charge is 2.11. The third kappa shape index (κ3) is 1.49. The van der Waals surface area contributed by atoms with Crippen molar-refractivity contribution in [2.45, 2.75) is 6.42 Å². The van der Waals surface area contributed by atoms with E-state index in [2.05, 4.69) is 33.5 Å². The lowest BCUT2D eigenvalue weighted by atomic mass is 10.1. The Balaban J connectivity index is 1.86. The Morgan fingerprint density at radius 2 is 2.22 bits per heavy atom. The van der Waals surface area contributed by atoms with Gasteiger partial charge in [-0.2, -0.15) is 0 Å². The Morgan fingerprint density at radius 1 is 1.22 bits per heavy atom. The van der Waals surface area contributed by atoms with Gasteiger partial charge in [-0.1, -0.05) is 6.07 Å². The van der Waals surface area contributed by atoms with Crippen LogP contribution in [0.4, 0.5) is 5.69 Å². The zero-order valence-electron chi connectivity index (χ0n) is 9.68. The van der Waals surface area contributed by atoms with Crippen molar-refractivity contribution in [3.05, 3.63) is 41.4 Å². The van der Waals surface area contributed by atoms with Crippen LogP contribution in [0.2, 0.25) is 0 Å². The second-order valence-corrected chi connectivity index (χ2v) is 5.31. The molecule has 3 nitrogen and oxygen atoms in total. The van der Waals surface area contributed by atoms with Crippen LogP contribution in [0.3, 0.4) is 0 Å². The highest BCUT2D eigenvalue weighted by Crippen LogP contribution is 2.28. The fourth-order valence-corrected chi connectivity index (χ4v) is 3.03. The Hall–Kier alpha value is -1.94. The summed E-state index contributed by atoms with van der Waals surface area (Å²) in [6.45, 7) is 1.04. The summed E-state index contributed by atoms with van der Waals surface area (Å²) in [5, 5.41) is 5.40. The summed E-state index contributed by atoms with van der Waals surface area (Å²) in [5.41, 5.74) is 5.72. The van der Waals surface area contributed by atoms with E-state index in [-0.39, 0.29) is 0 Å². The minimum absolute atomic E-state index is 0.954. The molecule has 4 rings (SSSR count). The number of hydrogen-bond acceptors (Lipinski definition) is 4. The van der Waals surface area contributed by atoms with Crippen LogP contribution in [0.15, 0.2) is 35.8 Å². The van der Waals surface area contributed by atoms with E-state index in [1.807, 2.05) is 17.6 Å². The van der Waals surface area contributed by atoms with Crippen molar-refractivity contribution in [2.75, 3.05) is 11.9 Å². The first-order valence-electron chi connectivity index (χ1n) is 5.97. The smallest absolute Gasteiger partial charge is 0.141 e. The average Bonchev–Trinajstić information content (AvgIpc) is 3.05. The van der Waals surface area contributed by atoms with Crippen LogP contribution in [0.1, 0.15) is 5.56 Å². The van der Waals surface area contributed by atoms with Crippen LogP contribution in [-0.4, -0.2) is 16.5 Å². The molecule has 1 aliphatic rings. The number of benzene rings is 1. The second kappa shape index (κ2) is 3.78. The molecule has 0 aliphatic carbocycles. The number of aromatic nitrogens is 2. The lowest BCUT2D eigenvalue weighted by Gasteiger charge is -2.04. The Labute approximate surface area is 109 Å². The Bertz CT molecular complexity index is 733. The van der Waals surface area contributed by atoms with Crippen LogP contribution < -0.4 is 5.32 Å². The number of nitrogens with one attached hydrogen (secondary N) is 1. The van der Waals surface area contributed by atoms with Gasteiger partial charge in [0, 0.05) is 17.8 Å². The highest BCUT2D eigenvalue weighted by atomic mass is 32.1. The number of fused-ring (bicyclic) bond motifs is 2. The van der Waals surface area contributed by atoms with Crippen LogP contribution in [0, 0.1) is 0 Å². The van der Waals surface area contributed by atoms with Crippen molar-refractivity contribution >= 4 is 27.4 Å². The SMILES string of the molecule is c1cc2nc(-c3ccc4c(c3)CCN4)cnc2s1.